The van der Waals surface area contributed by atoms with E-state index in [-0.39, 0.29) is 18.1 Å². The molecule has 1 amide bonds. The van der Waals surface area contributed by atoms with Crippen molar-refractivity contribution in [2.24, 2.45) is 0 Å². The van der Waals surface area contributed by atoms with Crippen molar-refractivity contribution in [1.29, 1.82) is 0 Å². The zero-order valence-corrected chi connectivity index (χ0v) is 25.2. The second-order valence-electron chi connectivity index (χ2n) is 10.7. The number of thioether (sulfide) groups is 1. The van der Waals surface area contributed by atoms with Crippen molar-refractivity contribution in [1.82, 2.24) is 0 Å². The van der Waals surface area contributed by atoms with Crippen LogP contribution in [0.5, 0.6) is 5.75 Å². The number of benzene rings is 1. The number of anilines is 1. The molecule has 1 aromatic carbocycles. The van der Waals surface area contributed by atoms with E-state index in [9.17, 15) is 9.59 Å². The summed E-state index contributed by atoms with van der Waals surface area (Å²) in [6.07, 6.45) is 21.5. The van der Waals surface area contributed by atoms with Crippen LogP contribution in [0.25, 0.3) is 0 Å². The number of unbranched alkanes of at least 4 members (excludes halogenated alkanes) is 15. The van der Waals surface area contributed by atoms with Gasteiger partial charge in [-0.2, -0.15) is 0 Å². The molecule has 0 spiro atoms. The van der Waals surface area contributed by atoms with Crippen LogP contribution < -0.4 is 10.1 Å². The molecule has 0 bridgehead atoms. The van der Waals surface area contributed by atoms with Gasteiger partial charge < -0.3 is 10.1 Å². The smallest absolute Gasteiger partial charge is 0.231 e. The molecule has 37 heavy (non-hydrogen) atoms. The van der Waals surface area contributed by atoms with Gasteiger partial charge in [-0.1, -0.05) is 122 Å². The van der Waals surface area contributed by atoms with Gasteiger partial charge >= 0.3 is 0 Å². The summed E-state index contributed by atoms with van der Waals surface area (Å²) < 4.78 is 5.42. The first-order chi connectivity index (χ1) is 17.9. The molecule has 1 rings (SSSR count). The summed E-state index contributed by atoms with van der Waals surface area (Å²) in [4.78, 5) is 24.9. The average Bonchev–Trinajstić information content (AvgIpc) is 2.86. The normalized spacial score (nSPS) is 11.5. The van der Waals surface area contributed by atoms with Gasteiger partial charge in [-0.15, -0.1) is 11.8 Å². The number of hydrogen-bond acceptors (Lipinski definition) is 4. The summed E-state index contributed by atoms with van der Waals surface area (Å²) in [5.74, 6) is 1.18. The number of carbonyl (C=O) groups is 2. The number of ether oxygens (including phenoxy) is 1. The zero-order valence-electron chi connectivity index (χ0n) is 24.4. The second kappa shape index (κ2) is 21.4. The van der Waals surface area contributed by atoms with E-state index < -0.39 is 4.75 Å². The van der Waals surface area contributed by atoms with Crippen LogP contribution in [0.15, 0.2) is 24.3 Å². The first-order valence-electron chi connectivity index (χ1n) is 15.1. The SMILES string of the molecule is CCCCCCCCCCCCCCCCCCOc1ccccc1NC(=O)CC(=O)C(C)(C)SCC. The van der Waals surface area contributed by atoms with Gasteiger partial charge in [-0.3, -0.25) is 9.59 Å². The number of carbonyl (C=O) groups excluding carboxylic acids is 2. The molecule has 0 fully saturated rings. The molecule has 0 saturated heterocycles. The fourth-order valence-electron chi connectivity index (χ4n) is 4.52. The summed E-state index contributed by atoms with van der Waals surface area (Å²) in [5.41, 5.74) is 0.637. The number of nitrogens with one attached hydrogen (secondary N) is 1. The summed E-state index contributed by atoms with van der Waals surface area (Å²) in [6, 6.07) is 7.48. The van der Waals surface area contributed by atoms with Crippen LogP contribution in [0.2, 0.25) is 0 Å². The Bertz CT molecular complexity index is 734. The van der Waals surface area contributed by atoms with E-state index in [1.807, 2.05) is 45.0 Å². The van der Waals surface area contributed by atoms with Crippen LogP contribution in [0, 0.1) is 0 Å². The van der Waals surface area contributed by atoms with Crippen molar-refractivity contribution >= 4 is 29.1 Å². The van der Waals surface area contributed by atoms with Gasteiger partial charge in [0.15, 0.2) is 5.78 Å². The molecule has 0 heterocycles. The third-order valence-corrected chi connectivity index (χ3v) is 8.15. The fourth-order valence-corrected chi connectivity index (χ4v) is 5.48. The predicted molar refractivity (Wildman–Crippen MR) is 162 cm³/mol. The quantitative estimate of drug-likeness (QED) is 0.106. The number of rotatable bonds is 24. The molecule has 0 aliphatic rings. The summed E-state index contributed by atoms with van der Waals surface area (Å²) >= 11 is 1.57. The maximum absolute atomic E-state index is 12.5. The highest BCUT2D eigenvalue weighted by atomic mass is 32.2. The van der Waals surface area contributed by atoms with Crippen molar-refractivity contribution in [3.8, 4) is 5.75 Å². The Morgan fingerprint density at radius 3 is 1.76 bits per heavy atom. The largest absolute Gasteiger partial charge is 0.491 e. The van der Waals surface area contributed by atoms with Crippen molar-refractivity contribution < 1.29 is 14.3 Å². The van der Waals surface area contributed by atoms with Crippen LogP contribution >= 0.6 is 11.8 Å². The Kier molecular flexibility index (Phi) is 19.4. The van der Waals surface area contributed by atoms with Crippen LogP contribution in [0.1, 0.15) is 137 Å². The number of ketones is 1. The van der Waals surface area contributed by atoms with Crippen LogP contribution in [0.4, 0.5) is 5.69 Å². The molecule has 4 nitrogen and oxygen atoms in total. The van der Waals surface area contributed by atoms with Crippen molar-refractivity contribution in [3.05, 3.63) is 24.3 Å². The molecule has 1 N–H and O–H groups in total. The van der Waals surface area contributed by atoms with E-state index in [0.29, 0.717) is 18.0 Å². The molecule has 0 atom stereocenters. The van der Waals surface area contributed by atoms with Crippen LogP contribution in [-0.4, -0.2) is 28.8 Å². The highest BCUT2D eigenvalue weighted by Gasteiger charge is 2.29. The minimum Gasteiger partial charge on any atom is -0.491 e. The Labute approximate surface area is 232 Å². The minimum atomic E-state index is -0.546. The van der Waals surface area contributed by atoms with E-state index in [1.165, 1.54) is 96.3 Å². The lowest BCUT2D eigenvalue weighted by Gasteiger charge is -2.21. The van der Waals surface area contributed by atoms with Crippen molar-refractivity contribution in [2.45, 2.75) is 142 Å². The standard InChI is InChI=1S/C32H55NO3S/c1-5-7-8-9-10-11-12-13-14-15-16-17-18-19-20-23-26-36-29-25-22-21-24-28(29)33-31(35)27-30(34)32(3,4)37-6-2/h21-22,24-25H,5-20,23,26-27H2,1-4H3,(H,33,35). The number of amides is 1. The van der Waals surface area contributed by atoms with Crippen LogP contribution in [0.3, 0.4) is 0 Å². The molecule has 0 aromatic heterocycles. The monoisotopic (exact) mass is 533 g/mol. The lowest BCUT2D eigenvalue weighted by molar-refractivity contribution is -0.126. The van der Waals surface area contributed by atoms with E-state index in [1.54, 1.807) is 11.8 Å². The summed E-state index contributed by atoms with van der Waals surface area (Å²) in [7, 11) is 0. The second-order valence-corrected chi connectivity index (χ2v) is 12.6. The molecule has 0 saturated carbocycles. The average molecular weight is 534 g/mol. The molecule has 212 valence electrons. The van der Waals surface area contributed by atoms with Gasteiger partial charge in [0, 0.05) is 0 Å². The molecule has 5 heteroatoms. The van der Waals surface area contributed by atoms with Crippen molar-refractivity contribution in [2.75, 3.05) is 17.7 Å². The number of hydrogen-bond donors (Lipinski definition) is 1. The number of Topliss-reactive ketones (excluding diaryl/α,β-unsaturated/α-hetero) is 1. The van der Waals surface area contributed by atoms with Gasteiger partial charge in [-0.05, 0) is 38.2 Å². The first-order valence-corrected chi connectivity index (χ1v) is 16.1. The maximum Gasteiger partial charge on any atom is 0.231 e. The molecule has 0 radical (unpaired) electrons. The molecule has 0 unspecified atom stereocenters. The number of para-hydroxylation sites is 2. The van der Waals surface area contributed by atoms with Gasteiger partial charge in [0.1, 0.15) is 5.75 Å². The molecule has 0 aliphatic heterocycles. The lowest BCUT2D eigenvalue weighted by atomic mass is 10.0. The highest BCUT2D eigenvalue weighted by molar-refractivity contribution is 8.01. The van der Waals surface area contributed by atoms with E-state index in [4.69, 9.17) is 4.74 Å². The highest BCUT2D eigenvalue weighted by Crippen LogP contribution is 2.28. The molecular formula is C32H55NO3S. The Morgan fingerprint density at radius 2 is 1.24 bits per heavy atom. The van der Waals surface area contributed by atoms with Crippen molar-refractivity contribution in [3.63, 3.8) is 0 Å². The van der Waals surface area contributed by atoms with E-state index in [2.05, 4.69) is 12.2 Å². The van der Waals surface area contributed by atoms with Gasteiger partial charge in [-0.25, -0.2) is 0 Å². The lowest BCUT2D eigenvalue weighted by Crippen LogP contribution is -2.31. The topological polar surface area (TPSA) is 55.4 Å². The predicted octanol–water partition coefficient (Wildman–Crippen LogP) is 9.76. The third-order valence-electron chi connectivity index (χ3n) is 6.91. The van der Waals surface area contributed by atoms with Gasteiger partial charge in [0.05, 0.1) is 23.5 Å². The Balaban J connectivity index is 2.10. The maximum atomic E-state index is 12.5. The molecular weight excluding hydrogens is 478 g/mol. The van der Waals surface area contributed by atoms with Gasteiger partial charge in [0.25, 0.3) is 0 Å². The van der Waals surface area contributed by atoms with Crippen LogP contribution in [-0.2, 0) is 9.59 Å². The summed E-state index contributed by atoms with van der Waals surface area (Å²) in [6.45, 7) is 8.71. The first kappa shape index (κ1) is 33.5. The van der Waals surface area contributed by atoms with E-state index in [0.717, 1.165) is 12.2 Å². The van der Waals surface area contributed by atoms with E-state index >= 15 is 0 Å². The molecule has 0 aliphatic carbocycles. The Hall–Kier alpha value is -1.49. The minimum absolute atomic E-state index is 0.0524. The third kappa shape index (κ3) is 16.9. The van der Waals surface area contributed by atoms with Gasteiger partial charge in [0.2, 0.25) is 5.91 Å². The fraction of sp³-hybridized carbons (Fsp3) is 0.750. The zero-order chi connectivity index (χ0) is 27.2. The summed E-state index contributed by atoms with van der Waals surface area (Å²) in [5, 5.41) is 2.87. The Morgan fingerprint density at radius 1 is 0.757 bits per heavy atom. The molecule has 1 aromatic rings.